The molecular formula is C24H34BN3O4. The Morgan fingerprint density at radius 1 is 1.25 bits per heavy atom. The van der Waals surface area contributed by atoms with Gasteiger partial charge in [-0.3, -0.25) is 9.59 Å². The van der Waals surface area contributed by atoms with Crippen molar-refractivity contribution in [1.82, 2.24) is 10.2 Å². The molecule has 0 aliphatic carbocycles. The minimum atomic E-state index is -1.62. The van der Waals surface area contributed by atoms with E-state index in [2.05, 4.69) is 5.32 Å². The molecule has 1 aliphatic heterocycles. The van der Waals surface area contributed by atoms with Crippen molar-refractivity contribution in [2.75, 3.05) is 13.1 Å². The molecule has 8 heteroatoms. The number of nitrogens with one attached hydrogen (secondary N) is 1. The molecule has 2 amide bonds. The highest BCUT2D eigenvalue weighted by Crippen LogP contribution is 2.23. The van der Waals surface area contributed by atoms with Crippen LogP contribution in [0.2, 0.25) is 0 Å². The minimum absolute atomic E-state index is 0.150. The van der Waals surface area contributed by atoms with Crippen LogP contribution >= 0.6 is 0 Å². The van der Waals surface area contributed by atoms with Crippen molar-refractivity contribution in [3.63, 3.8) is 0 Å². The summed E-state index contributed by atoms with van der Waals surface area (Å²) in [6.45, 7) is 5.14. The first kappa shape index (κ1) is 25.6. The molecule has 1 aromatic carbocycles. The third-order valence-electron chi connectivity index (χ3n) is 5.77. The van der Waals surface area contributed by atoms with Crippen LogP contribution in [0.15, 0.2) is 42.0 Å². The van der Waals surface area contributed by atoms with Gasteiger partial charge in [-0.15, -0.1) is 0 Å². The lowest BCUT2D eigenvalue weighted by Gasteiger charge is -2.32. The maximum atomic E-state index is 12.5. The molecule has 1 fully saturated rings. The molecule has 1 atom stereocenters. The maximum Gasteiger partial charge on any atom is 0.475 e. The molecule has 1 heterocycles. The molecule has 1 aromatic rings. The monoisotopic (exact) mass is 439 g/mol. The molecule has 0 unspecified atom stereocenters. The van der Waals surface area contributed by atoms with E-state index in [4.69, 9.17) is 0 Å². The van der Waals surface area contributed by atoms with Crippen molar-refractivity contribution >= 4 is 18.9 Å². The quantitative estimate of drug-likeness (QED) is 0.294. The molecule has 0 radical (unpaired) electrons. The fraction of sp³-hybridized carbons (Fsp3) is 0.542. The van der Waals surface area contributed by atoms with Gasteiger partial charge >= 0.3 is 7.12 Å². The van der Waals surface area contributed by atoms with Gasteiger partial charge in [0.2, 0.25) is 5.91 Å². The second-order valence-corrected chi connectivity index (χ2v) is 8.84. The molecule has 3 N–H and O–H groups in total. The lowest BCUT2D eigenvalue weighted by molar-refractivity contribution is -0.128. The van der Waals surface area contributed by atoms with Gasteiger partial charge in [0.05, 0.1) is 5.94 Å². The number of piperidine rings is 1. The Morgan fingerprint density at radius 3 is 2.47 bits per heavy atom. The fourth-order valence-corrected chi connectivity index (χ4v) is 4.01. The van der Waals surface area contributed by atoms with Crippen LogP contribution < -0.4 is 5.32 Å². The molecule has 0 aromatic heterocycles. The Kier molecular flexibility index (Phi) is 10.4. The number of carbonyl (C=O) groups excluding carboxylic acids is 2. The lowest BCUT2D eigenvalue weighted by Crippen LogP contribution is -2.47. The summed E-state index contributed by atoms with van der Waals surface area (Å²) >= 11 is 0. The fourth-order valence-electron chi connectivity index (χ4n) is 4.01. The predicted molar refractivity (Wildman–Crippen MR) is 124 cm³/mol. The first-order valence-corrected chi connectivity index (χ1v) is 11.4. The van der Waals surface area contributed by atoms with Gasteiger partial charge in [0.1, 0.15) is 11.6 Å². The van der Waals surface area contributed by atoms with Crippen molar-refractivity contribution in [3.05, 3.63) is 47.5 Å². The third kappa shape index (κ3) is 8.48. The average molecular weight is 439 g/mol. The van der Waals surface area contributed by atoms with Crippen LogP contribution in [0.5, 0.6) is 0 Å². The normalized spacial score (nSPS) is 15.9. The van der Waals surface area contributed by atoms with E-state index in [1.165, 1.54) is 0 Å². The van der Waals surface area contributed by atoms with Gasteiger partial charge in [0, 0.05) is 19.5 Å². The standard InChI is InChI=1S/C24H34BN3O4/c1-18(2)15-21(17-26)24(30)28-13-11-19(12-14-28)9-6-10-23(29)27-22(25(31)32)16-20-7-4-3-5-8-20/h3-5,7-8,15,18-19,22,31-32H,6,9-14,16H2,1-2H3,(H,27,29)/b21-15+/t22-/m0/s1. The van der Waals surface area contributed by atoms with Crippen LogP contribution in [0, 0.1) is 23.2 Å². The molecule has 7 nitrogen and oxygen atoms in total. The summed E-state index contributed by atoms with van der Waals surface area (Å²) < 4.78 is 0. The van der Waals surface area contributed by atoms with Gasteiger partial charge in [0.25, 0.3) is 5.91 Å². The Labute approximate surface area is 191 Å². The molecule has 2 rings (SSSR count). The summed E-state index contributed by atoms with van der Waals surface area (Å²) in [6.07, 6.45) is 5.70. The van der Waals surface area contributed by atoms with Crippen LogP contribution in [0.1, 0.15) is 51.5 Å². The first-order valence-electron chi connectivity index (χ1n) is 11.4. The first-order chi connectivity index (χ1) is 15.3. The summed E-state index contributed by atoms with van der Waals surface area (Å²) in [4.78, 5) is 26.6. The van der Waals surface area contributed by atoms with Crippen LogP contribution in [-0.4, -0.2) is 52.9 Å². The van der Waals surface area contributed by atoms with E-state index in [1.807, 2.05) is 50.2 Å². The zero-order chi connectivity index (χ0) is 23.5. The highest BCUT2D eigenvalue weighted by Gasteiger charge is 2.27. The van der Waals surface area contributed by atoms with Crippen molar-refractivity contribution in [2.45, 2.75) is 58.3 Å². The van der Waals surface area contributed by atoms with E-state index in [1.54, 1.807) is 11.0 Å². The predicted octanol–water partition coefficient (Wildman–Crippen LogP) is 2.24. The zero-order valence-corrected chi connectivity index (χ0v) is 19.0. The van der Waals surface area contributed by atoms with Gasteiger partial charge in [0.15, 0.2) is 0 Å². The summed E-state index contributed by atoms with van der Waals surface area (Å²) in [5, 5.41) is 31.2. The van der Waals surface area contributed by atoms with Crippen molar-refractivity contribution < 1.29 is 19.6 Å². The Bertz CT molecular complexity index is 812. The molecule has 0 spiro atoms. The van der Waals surface area contributed by atoms with Crippen LogP contribution in [0.3, 0.4) is 0 Å². The number of hydrogen-bond acceptors (Lipinski definition) is 5. The van der Waals surface area contributed by atoms with Crippen molar-refractivity contribution in [3.8, 4) is 6.07 Å². The van der Waals surface area contributed by atoms with E-state index in [9.17, 15) is 24.9 Å². The number of likely N-dealkylation sites (tertiary alicyclic amines) is 1. The number of benzene rings is 1. The van der Waals surface area contributed by atoms with Crippen molar-refractivity contribution in [1.29, 1.82) is 5.26 Å². The van der Waals surface area contributed by atoms with Gasteiger partial charge in [-0.1, -0.05) is 50.3 Å². The zero-order valence-electron chi connectivity index (χ0n) is 19.0. The number of carbonyl (C=O) groups is 2. The van der Waals surface area contributed by atoms with Crippen molar-refractivity contribution in [2.24, 2.45) is 11.8 Å². The number of nitrogens with zero attached hydrogens (tertiary/aromatic N) is 2. The molecule has 32 heavy (non-hydrogen) atoms. The largest absolute Gasteiger partial charge is 0.475 e. The maximum absolute atomic E-state index is 12.5. The van der Waals surface area contributed by atoms with Crippen LogP contribution in [0.25, 0.3) is 0 Å². The van der Waals surface area contributed by atoms with E-state index in [-0.39, 0.29) is 23.3 Å². The van der Waals surface area contributed by atoms with E-state index < -0.39 is 13.1 Å². The number of amides is 2. The number of hydrogen-bond donors (Lipinski definition) is 3. The van der Waals surface area contributed by atoms with Crippen LogP contribution in [-0.2, 0) is 16.0 Å². The SMILES string of the molecule is CC(C)/C=C(\C#N)C(=O)N1CCC(CCCC(=O)N[C@@H](Cc2ccccc2)B(O)O)CC1. The third-order valence-corrected chi connectivity index (χ3v) is 5.77. The second kappa shape index (κ2) is 13.0. The molecule has 0 bridgehead atoms. The van der Waals surface area contributed by atoms with Gasteiger partial charge in [-0.25, -0.2) is 0 Å². The molecule has 1 saturated heterocycles. The van der Waals surface area contributed by atoms with E-state index in [0.29, 0.717) is 38.3 Å². The Balaban J connectivity index is 1.72. The van der Waals surface area contributed by atoms with Gasteiger partial charge < -0.3 is 20.3 Å². The molecule has 172 valence electrons. The van der Waals surface area contributed by atoms with Crippen LogP contribution in [0.4, 0.5) is 0 Å². The second-order valence-electron chi connectivity index (χ2n) is 8.84. The molecule has 1 aliphatic rings. The minimum Gasteiger partial charge on any atom is -0.426 e. The van der Waals surface area contributed by atoms with Gasteiger partial charge in [-0.2, -0.15) is 5.26 Å². The summed E-state index contributed by atoms with van der Waals surface area (Å²) in [5.41, 5.74) is 1.14. The molecule has 0 saturated carbocycles. The van der Waals surface area contributed by atoms with Gasteiger partial charge in [-0.05, 0) is 49.5 Å². The number of nitriles is 1. The number of allylic oxidation sites excluding steroid dienone is 1. The highest BCUT2D eigenvalue weighted by atomic mass is 16.4. The Hall–Kier alpha value is -2.63. The number of rotatable bonds is 10. The highest BCUT2D eigenvalue weighted by molar-refractivity contribution is 6.43. The van der Waals surface area contributed by atoms with E-state index in [0.717, 1.165) is 24.8 Å². The summed E-state index contributed by atoms with van der Waals surface area (Å²) in [6, 6.07) is 11.4. The topological polar surface area (TPSA) is 114 Å². The summed E-state index contributed by atoms with van der Waals surface area (Å²) in [5.74, 6) is -0.533. The summed E-state index contributed by atoms with van der Waals surface area (Å²) in [7, 11) is -1.62. The van der Waals surface area contributed by atoms with E-state index >= 15 is 0 Å². The molecular weight excluding hydrogens is 405 g/mol. The lowest BCUT2D eigenvalue weighted by atomic mass is 9.76. The average Bonchev–Trinajstić information content (AvgIpc) is 2.77. The smallest absolute Gasteiger partial charge is 0.426 e. The Morgan fingerprint density at radius 2 is 1.91 bits per heavy atom.